The molecule has 4 nitrogen and oxygen atoms in total. The molecule has 2 aromatic heterocycles. The molecule has 0 radical (unpaired) electrons. The zero-order valence-corrected chi connectivity index (χ0v) is 74.3. The molecule has 0 N–H and O–H groups in total. The van der Waals surface area contributed by atoms with Crippen LogP contribution < -0.4 is 56.6 Å². The molecule has 2 aliphatic heterocycles. The molecule has 0 spiro atoms. The molecule has 0 bridgehead atoms. The van der Waals surface area contributed by atoms with Crippen molar-refractivity contribution in [2.24, 2.45) is 0 Å². The van der Waals surface area contributed by atoms with Crippen molar-refractivity contribution < 1.29 is 16.3 Å². The third-order valence-electron chi connectivity index (χ3n) is 23.2. The smallest absolute Gasteiger partial charge is 0.184 e. The zero-order valence-electron chi connectivity index (χ0n) is 66.1. The summed E-state index contributed by atoms with van der Waals surface area (Å²) in [6.45, 7) is 14.3. The minimum atomic E-state index is -2.68. The van der Waals surface area contributed by atoms with Crippen molar-refractivity contribution in [2.75, 3.05) is 9.80 Å². The van der Waals surface area contributed by atoms with E-state index in [1.54, 1.807) is 39.8 Å². The van der Waals surface area contributed by atoms with Gasteiger partial charge in [-0.05, 0) is 202 Å². The minimum Gasteiger partial charge on any atom is -0.394 e. The molecule has 18 rings (SSSR count). The Morgan fingerprint density at radius 1 is 0.389 bits per heavy atom. The van der Waals surface area contributed by atoms with Crippen molar-refractivity contribution in [1.82, 2.24) is 9.97 Å². The van der Waals surface area contributed by atoms with Gasteiger partial charge < -0.3 is 14.8 Å². The molecule has 10 heteroatoms. The Bertz CT molecular complexity index is 5200. The van der Waals surface area contributed by atoms with Crippen molar-refractivity contribution in [3.63, 3.8) is 0 Å². The van der Waals surface area contributed by atoms with E-state index < -0.39 is 16.1 Å². The first kappa shape index (κ1) is 80.4. The molecule has 113 heavy (non-hydrogen) atoms. The molecular formula is C103H101BrClN4PSi2Zn. The molecule has 0 atom stereocenters. The van der Waals surface area contributed by atoms with Gasteiger partial charge in [0.15, 0.2) is 16.1 Å². The van der Waals surface area contributed by atoms with Gasteiger partial charge >= 0.3 is 30.0 Å². The number of fused-ring (bicyclic) bond motifs is 4. The molecule has 4 aliphatic rings. The van der Waals surface area contributed by atoms with E-state index >= 15 is 0 Å². The van der Waals surface area contributed by atoms with Crippen LogP contribution in [0, 0.1) is 6.20 Å². The quantitative estimate of drug-likeness (QED) is 0.0617. The monoisotopic (exact) mass is 1660 g/mol. The molecule has 562 valence electrons. The first-order chi connectivity index (χ1) is 55.5. The second-order valence-corrected chi connectivity index (χ2v) is 41.6. The third kappa shape index (κ3) is 17.0. The summed E-state index contributed by atoms with van der Waals surface area (Å²) in [5, 5.41) is 13.5. The molecule has 2 aliphatic carbocycles. The summed E-state index contributed by atoms with van der Waals surface area (Å²) in [5.41, 5.74) is 19.1. The molecule has 2 saturated carbocycles. The first-order valence-corrected chi connectivity index (χ1v) is 53.4. The number of hydrogen-bond donors (Lipinski definition) is 0. The standard InChI is InChI=1S/C35H26N2Si.C33H49P.C30H22ClNSi.C5H4N.BrH.Zn/c1-4-14-28(15-5-1)37-32-21-10-11-22-34(32)38(29-16-6-2-7-17-29,30-18-8-3-9-19-30)35-26-27(23-24-33(35)37)31-20-12-13-25-36-31;1-23(2)26-21-30(24(3)4)33(31(22-26)25(5)6)29-19-13-14-20-32(29)34(27-15-9-7-10-16-27)28-17-11-8-12-18-28;31-23-20-21-28-30(22-23)33(25-14-6-2-7-15-25,26-16-8-3-9-17-26)29-19-11-10-18-27(29)32(28)24-12-4-1-5-13-24;1-2-4-6-5-3-1;;/h1-26H;13-14,19-25,27-28H,7-12,15-18H2,1-6H3;1-22H;1-4H;1H;/q;;;-1;;+2/p-1. The van der Waals surface area contributed by atoms with E-state index in [-0.39, 0.29) is 7.92 Å². The van der Waals surface area contributed by atoms with Gasteiger partial charge in [0.05, 0.1) is 5.69 Å². The number of benzene rings is 12. The predicted octanol–water partition coefficient (Wildman–Crippen LogP) is 23.6. The van der Waals surface area contributed by atoms with Crippen LogP contribution in [-0.4, -0.2) is 37.4 Å². The SMILES string of the molecule is CC(C)c1cc(C(C)C)c(-c2ccccc2P(C2CCCCC2)C2CCCCC2)c(C(C)C)c1.Clc1ccc2c(c1)[Si](c1ccccc1)(c1ccccc1)c1ccccc1N2c1ccccc1.[Zn+][Br].[c-]1ccccn1.c1ccc(N2c3ccccc3[Si](c3ccccc3)(c3ccccc3)c3cc(-c4ccccn4)ccc32)cc1. The fourth-order valence-corrected chi connectivity index (χ4v) is 32.6. The van der Waals surface area contributed by atoms with E-state index in [2.05, 4.69) is 386 Å². The molecule has 0 amide bonds. The molecule has 2 fully saturated rings. The van der Waals surface area contributed by atoms with Crippen LogP contribution in [0.4, 0.5) is 34.1 Å². The number of anilines is 6. The number of pyridine rings is 2. The van der Waals surface area contributed by atoms with Crippen molar-refractivity contribution >= 4 is 130 Å². The van der Waals surface area contributed by atoms with E-state index in [0.717, 1.165) is 39.0 Å². The van der Waals surface area contributed by atoms with Crippen LogP contribution in [0.15, 0.2) is 352 Å². The Balaban J connectivity index is 0.000000134. The van der Waals surface area contributed by atoms with Gasteiger partial charge in [-0.15, -0.1) is 0 Å². The van der Waals surface area contributed by atoms with Gasteiger partial charge in [-0.2, -0.15) is 18.2 Å². The van der Waals surface area contributed by atoms with E-state index in [1.165, 1.54) is 150 Å². The summed E-state index contributed by atoms with van der Waals surface area (Å²) in [5.74, 6) is 1.64. The maximum Gasteiger partial charge on any atom is 0.184 e. The summed E-state index contributed by atoms with van der Waals surface area (Å²) in [4.78, 5) is 13.2. The Kier molecular flexibility index (Phi) is 27.2. The van der Waals surface area contributed by atoms with Gasteiger partial charge in [-0.1, -0.05) is 361 Å². The Hall–Kier alpha value is -9.20. The summed E-state index contributed by atoms with van der Waals surface area (Å²) >= 11 is 11.0. The number of para-hydroxylation sites is 4. The minimum absolute atomic E-state index is 0.120. The Labute approximate surface area is 697 Å². The van der Waals surface area contributed by atoms with E-state index in [1.807, 2.05) is 30.5 Å². The number of nitrogens with zero attached hydrogens (tertiary/aromatic N) is 4. The van der Waals surface area contributed by atoms with Gasteiger partial charge in [0, 0.05) is 50.9 Å². The Morgan fingerprint density at radius 3 is 1.19 bits per heavy atom. The van der Waals surface area contributed by atoms with Gasteiger partial charge in [0.2, 0.25) is 0 Å². The molecule has 0 unspecified atom stereocenters. The molecule has 0 saturated heterocycles. The summed E-state index contributed by atoms with van der Waals surface area (Å²) in [6, 6.07) is 123. The number of hydrogen-bond acceptors (Lipinski definition) is 4. The average Bonchev–Trinajstić information content (AvgIpc) is 0.699. The molecule has 12 aromatic carbocycles. The summed E-state index contributed by atoms with van der Waals surface area (Å²) in [7, 11) is -5.41. The topological polar surface area (TPSA) is 32.3 Å². The van der Waals surface area contributed by atoms with Gasteiger partial charge in [0.1, 0.15) is 0 Å². The van der Waals surface area contributed by atoms with Gasteiger partial charge in [-0.25, -0.2) is 0 Å². The van der Waals surface area contributed by atoms with Crippen LogP contribution in [-0.2, 0) is 16.3 Å². The van der Waals surface area contributed by atoms with Crippen molar-refractivity contribution in [3.8, 4) is 22.4 Å². The van der Waals surface area contributed by atoms with Crippen LogP contribution in [0.1, 0.15) is 140 Å². The van der Waals surface area contributed by atoms with Crippen molar-refractivity contribution in [2.45, 2.75) is 135 Å². The normalized spacial score (nSPS) is 14.6. The molecular weight excluding hydrogens is 1560 g/mol. The second kappa shape index (κ2) is 38.3. The van der Waals surface area contributed by atoms with Crippen LogP contribution in [0.3, 0.4) is 0 Å². The van der Waals surface area contributed by atoms with E-state index in [9.17, 15) is 0 Å². The van der Waals surface area contributed by atoms with E-state index in [4.69, 9.17) is 16.6 Å². The maximum atomic E-state index is 6.70. The molecule has 4 heterocycles. The van der Waals surface area contributed by atoms with Gasteiger partial charge in [-0.3, -0.25) is 4.98 Å². The van der Waals surface area contributed by atoms with Crippen LogP contribution in [0.25, 0.3) is 22.4 Å². The molecule has 14 aromatic rings. The van der Waals surface area contributed by atoms with Crippen LogP contribution >= 0.6 is 33.1 Å². The van der Waals surface area contributed by atoms with Crippen molar-refractivity contribution in [3.05, 3.63) is 380 Å². The third-order valence-corrected chi connectivity index (χ3v) is 36.7. The number of rotatable bonds is 14. The summed E-state index contributed by atoms with van der Waals surface area (Å²) in [6.07, 6.45) is 20.8. The van der Waals surface area contributed by atoms with Crippen LogP contribution in [0.2, 0.25) is 5.02 Å². The van der Waals surface area contributed by atoms with Crippen molar-refractivity contribution in [1.29, 1.82) is 0 Å². The van der Waals surface area contributed by atoms with E-state index in [0.29, 0.717) is 17.8 Å². The fraction of sp³-hybridized carbons (Fsp3) is 0.204. The zero-order chi connectivity index (χ0) is 78.1. The Morgan fingerprint density at radius 2 is 0.788 bits per heavy atom. The van der Waals surface area contributed by atoms with Crippen LogP contribution in [0.5, 0.6) is 0 Å². The van der Waals surface area contributed by atoms with Gasteiger partial charge in [0.25, 0.3) is 0 Å². The first-order valence-electron chi connectivity index (χ1n) is 40.6. The predicted molar refractivity (Wildman–Crippen MR) is 491 cm³/mol. The summed E-state index contributed by atoms with van der Waals surface area (Å²) < 4.78 is 0. The maximum absolute atomic E-state index is 6.70. The average molecular weight is 1660 g/mol. The fourth-order valence-electron chi connectivity index (χ4n) is 18.2. The number of aromatic nitrogens is 2. The second-order valence-electron chi connectivity index (χ2n) is 31.0. The number of halogens is 2. The largest absolute Gasteiger partial charge is 0.394 e.